The maximum Gasteiger partial charge on any atom is 0.238 e. The summed E-state index contributed by atoms with van der Waals surface area (Å²) in [6.45, 7) is 1.93. The molecule has 4 rings (SSSR count). The molecule has 4 nitrogen and oxygen atoms in total. The van der Waals surface area contributed by atoms with E-state index in [0.29, 0.717) is 33.0 Å². The molecule has 1 fully saturated rings. The van der Waals surface area contributed by atoms with Gasteiger partial charge in [0.15, 0.2) is 5.43 Å². The third-order valence-electron chi connectivity index (χ3n) is 4.19. The summed E-state index contributed by atoms with van der Waals surface area (Å²) in [4.78, 5) is 27.0. The Morgan fingerprint density at radius 3 is 2.68 bits per heavy atom. The number of benzene rings is 2. The van der Waals surface area contributed by atoms with E-state index in [9.17, 15) is 9.59 Å². The van der Waals surface area contributed by atoms with Gasteiger partial charge in [0.2, 0.25) is 5.91 Å². The molecule has 1 atom stereocenters. The third kappa shape index (κ3) is 2.83. The lowest BCUT2D eigenvalue weighted by atomic mass is 10.1. The minimum absolute atomic E-state index is 0.0407. The van der Waals surface area contributed by atoms with Crippen LogP contribution in [0.3, 0.4) is 0 Å². The van der Waals surface area contributed by atoms with Crippen LogP contribution >= 0.6 is 23.4 Å². The maximum absolute atomic E-state index is 13.0. The van der Waals surface area contributed by atoms with Crippen LogP contribution in [0.25, 0.3) is 11.0 Å². The van der Waals surface area contributed by atoms with E-state index in [2.05, 4.69) is 0 Å². The first-order valence-electron chi connectivity index (χ1n) is 7.76. The molecule has 1 aromatic heterocycles. The SMILES string of the molecule is Cc1ccc2occ([C@H]3SCC(=O)N3c3ccc(Cl)cc3)c(=O)c2c1. The number of thioether (sulfide) groups is 1. The molecular weight excluding hydrogens is 358 g/mol. The minimum Gasteiger partial charge on any atom is -0.464 e. The first-order chi connectivity index (χ1) is 12.0. The Balaban J connectivity index is 1.84. The van der Waals surface area contributed by atoms with Gasteiger partial charge in [-0.1, -0.05) is 23.2 Å². The van der Waals surface area contributed by atoms with Gasteiger partial charge in [-0.25, -0.2) is 0 Å². The molecule has 2 heterocycles. The van der Waals surface area contributed by atoms with Gasteiger partial charge in [-0.2, -0.15) is 0 Å². The molecule has 0 N–H and O–H groups in total. The molecule has 1 amide bonds. The monoisotopic (exact) mass is 371 g/mol. The van der Waals surface area contributed by atoms with Gasteiger partial charge in [-0.05, 0) is 43.3 Å². The molecule has 2 aromatic carbocycles. The summed E-state index contributed by atoms with van der Waals surface area (Å²) in [6, 6.07) is 12.5. The zero-order valence-electron chi connectivity index (χ0n) is 13.4. The quantitative estimate of drug-likeness (QED) is 0.664. The fourth-order valence-corrected chi connectivity index (χ4v) is 4.26. The van der Waals surface area contributed by atoms with Gasteiger partial charge in [-0.15, -0.1) is 11.8 Å². The lowest BCUT2D eigenvalue weighted by molar-refractivity contribution is -0.115. The second-order valence-corrected chi connectivity index (χ2v) is 7.43. The number of fused-ring (bicyclic) bond motifs is 1. The summed E-state index contributed by atoms with van der Waals surface area (Å²) < 4.78 is 5.66. The van der Waals surface area contributed by atoms with Gasteiger partial charge >= 0.3 is 0 Å². The van der Waals surface area contributed by atoms with Crippen LogP contribution < -0.4 is 10.3 Å². The highest BCUT2D eigenvalue weighted by molar-refractivity contribution is 8.00. The van der Waals surface area contributed by atoms with E-state index in [1.807, 2.05) is 19.1 Å². The molecule has 0 saturated carbocycles. The Morgan fingerprint density at radius 2 is 1.92 bits per heavy atom. The van der Waals surface area contributed by atoms with Crippen LogP contribution in [0.5, 0.6) is 0 Å². The second-order valence-electron chi connectivity index (χ2n) is 5.92. The average Bonchev–Trinajstić information content (AvgIpc) is 2.98. The summed E-state index contributed by atoms with van der Waals surface area (Å²) in [5.41, 5.74) is 2.63. The van der Waals surface area contributed by atoms with Crippen molar-refractivity contribution in [1.29, 1.82) is 0 Å². The van der Waals surface area contributed by atoms with Crippen LogP contribution in [0.2, 0.25) is 5.02 Å². The summed E-state index contributed by atoms with van der Waals surface area (Å²) >= 11 is 7.36. The van der Waals surface area contributed by atoms with Crippen LogP contribution in [0, 0.1) is 6.92 Å². The Hall–Kier alpha value is -2.24. The minimum atomic E-state index is -0.408. The summed E-state index contributed by atoms with van der Waals surface area (Å²) in [7, 11) is 0. The molecule has 1 aliphatic rings. The van der Waals surface area contributed by atoms with Crippen molar-refractivity contribution < 1.29 is 9.21 Å². The zero-order valence-corrected chi connectivity index (χ0v) is 14.9. The van der Waals surface area contributed by atoms with Crippen molar-refractivity contribution in [1.82, 2.24) is 0 Å². The summed E-state index contributed by atoms with van der Waals surface area (Å²) in [5, 5.41) is 0.726. The standard InChI is InChI=1S/C19H14ClNO3S/c1-11-2-7-16-14(8-11)18(23)15(9-24-16)19-21(17(22)10-25-19)13-5-3-12(20)4-6-13/h2-9,19H,10H2,1H3/t19-/m1/s1. The molecule has 6 heteroatoms. The van der Waals surface area contributed by atoms with E-state index in [0.717, 1.165) is 5.56 Å². The fraction of sp³-hybridized carbons (Fsp3) is 0.158. The number of carbonyl (C=O) groups is 1. The Kier molecular flexibility index (Phi) is 4.06. The van der Waals surface area contributed by atoms with E-state index >= 15 is 0 Å². The number of nitrogens with zero attached hydrogens (tertiary/aromatic N) is 1. The van der Waals surface area contributed by atoms with Crippen LogP contribution in [0.4, 0.5) is 5.69 Å². The van der Waals surface area contributed by atoms with E-state index in [1.54, 1.807) is 35.2 Å². The zero-order chi connectivity index (χ0) is 17.6. The molecule has 25 heavy (non-hydrogen) atoms. The number of amides is 1. The molecule has 0 radical (unpaired) electrons. The van der Waals surface area contributed by atoms with Crippen molar-refractivity contribution in [3.8, 4) is 0 Å². The van der Waals surface area contributed by atoms with Crippen molar-refractivity contribution in [3.05, 3.63) is 75.1 Å². The van der Waals surface area contributed by atoms with Crippen molar-refractivity contribution in [2.75, 3.05) is 10.7 Å². The van der Waals surface area contributed by atoms with E-state index in [4.69, 9.17) is 16.0 Å². The number of anilines is 1. The van der Waals surface area contributed by atoms with Crippen LogP contribution in [-0.2, 0) is 4.79 Å². The van der Waals surface area contributed by atoms with Crippen molar-refractivity contribution in [2.24, 2.45) is 0 Å². The maximum atomic E-state index is 13.0. The first kappa shape index (κ1) is 16.2. The third-order valence-corrected chi connectivity index (χ3v) is 5.64. The molecule has 0 spiro atoms. The van der Waals surface area contributed by atoms with Crippen LogP contribution in [0.15, 0.2) is 57.9 Å². The predicted octanol–water partition coefficient (Wildman–Crippen LogP) is 4.53. The molecular formula is C19H14ClNO3S. The topological polar surface area (TPSA) is 50.5 Å². The number of carbonyl (C=O) groups excluding carboxylic acids is 1. The van der Waals surface area contributed by atoms with Crippen LogP contribution in [0.1, 0.15) is 16.5 Å². The Labute approximate surface area is 153 Å². The molecule has 3 aromatic rings. The largest absolute Gasteiger partial charge is 0.464 e. The summed E-state index contributed by atoms with van der Waals surface area (Å²) in [6.07, 6.45) is 1.47. The Morgan fingerprint density at radius 1 is 1.16 bits per heavy atom. The van der Waals surface area contributed by atoms with Crippen molar-refractivity contribution in [2.45, 2.75) is 12.3 Å². The van der Waals surface area contributed by atoms with E-state index in [-0.39, 0.29) is 11.3 Å². The molecule has 1 saturated heterocycles. The first-order valence-corrected chi connectivity index (χ1v) is 9.18. The van der Waals surface area contributed by atoms with Gasteiger partial charge < -0.3 is 4.42 Å². The second kappa shape index (κ2) is 6.24. The number of rotatable bonds is 2. The van der Waals surface area contributed by atoms with Crippen molar-refractivity contribution in [3.63, 3.8) is 0 Å². The molecule has 0 bridgehead atoms. The average molecular weight is 372 g/mol. The highest BCUT2D eigenvalue weighted by atomic mass is 35.5. The van der Waals surface area contributed by atoms with Gasteiger partial charge in [0.25, 0.3) is 0 Å². The number of hydrogen-bond acceptors (Lipinski definition) is 4. The molecule has 1 aliphatic heterocycles. The smallest absolute Gasteiger partial charge is 0.238 e. The summed E-state index contributed by atoms with van der Waals surface area (Å²) in [5.74, 6) is 0.277. The van der Waals surface area contributed by atoms with E-state index < -0.39 is 5.37 Å². The van der Waals surface area contributed by atoms with Gasteiger partial charge in [0.05, 0.1) is 16.7 Å². The molecule has 0 unspecified atom stereocenters. The van der Waals surface area contributed by atoms with Gasteiger partial charge in [0, 0.05) is 10.7 Å². The number of aryl methyl sites for hydroxylation is 1. The van der Waals surface area contributed by atoms with Gasteiger partial charge in [0.1, 0.15) is 17.2 Å². The Bertz CT molecular complexity index is 1030. The van der Waals surface area contributed by atoms with Gasteiger partial charge in [-0.3, -0.25) is 14.5 Å². The van der Waals surface area contributed by atoms with E-state index in [1.165, 1.54) is 18.0 Å². The number of hydrogen-bond donors (Lipinski definition) is 0. The highest BCUT2D eigenvalue weighted by Gasteiger charge is 2.36. The molecule has 0 aliphatic carbocycles. The normalized spacial score (nSPS) is 17.4. The lowest BCUT2D eigenvalue weighted by Gasteiger charge is -2.23. The molecule has 126 valence electrons. The number of halogens is 1. The van der Waals surface area contributed by atoms with Crippen LogP contribution in [-0.4, -0.2) is 11.7 Å². The van der Waals surface area contributed by atoms with Crippen molar-refractivity contribution >= 4 is 45.9 Å². The lowest BCUT2D eigenvalue weighted by Crippen LogP contribution is -2.30. The fourth-order valence-electron chi connectivity index (χ4n) is 2.97. The predicted molar refractivity (Wildman–Crippen MR) is 101 cm³/mol. The highest BCUT2D eigenvalue weighted by Crippen LogP contribution is 2.41.